The van der Waals surface area contributed by atoms with E-state index < -0.39 is 17.8 Å². The zero-order chi connectivity index (χ0) is 23.9. The molecule has 0 amide bonds. The average Bonchev–Trinajstić information content (AvgIpc) is 3.10. The molecule has 2 aromatic carbocycles. The van der Waals surface area contributed by atoms with Gasteiger partial charge in [0, 0.05) is 42.7 Å². The quantitative estimate of drug-likeness (QED) is 0.422. The number of aryl methyl sites for hydroxylation is 1. The van der Waals surface area contributed by atoms with Crippen molar-refractivity contribution >= 4 is 33.9 Å². The van der Waals surface area contributed by atoms with Crippen LogP contribution in [0.2, 0.25) is 0 Å². The highest BCUT2D eigenvalue weighted by Crippen LogP contribution is 2.54. The number of alkyl halides is 2. The Bertz CT molecular complexity index is 1470. The van der Waals surface area contributed by atoms with Crippen molar-refractivity contribution in [1.82, 2.24) is 19.6 Å². The van der Waals surface area contributed by atoms with Crippen molar-refractivity contribution in [3.8, 4) is 0 Å². The van der Waals surface area contributed by atoms with Crippen molar-refractivity contribution in [3.63, 3.8) is 0 Å². The number of aromatic nitrogens is 4. The van der Waals surface area contributed by atoms with Crippen LogP contribution in [0.15, 0.2) is 36.4 Å². The number of anilines is 3. The highest BCUT2D eigenvalue weighted by molar-refractivity contribution is 5.95. The van der Waals surface area contributed by atoms with Crippen LogP contribution in [0.1, 0.15) is 17.8 Å². The Balaban J connectivity index is 1.39. The molecule has 2 aromatic heterocycles. The fourth-order valence-electron chi connectivity index (χ4n) is 5.93. The first-order chi connectivity index (χ1) is 16.9. The lowest BCUT2D eigenvalue weighted by Gasteiger charge is -2.54. The topological polar surface area (TPSA) is 58.8 Å². The van der Waals surface area contributed by atoms with Gasteiger partial charge in [0.15, 0.2) is 0 Å². The summed E-state index contributed by atoms with van der Waals surface area (Å²) in [7, 11) is 0. The summed E-state index contributed by atoms with van der Waals surface area (Å²) in [4.78, 5) is 8.75. The molecule has 1 saturated carbocycles. The van der Waals surface area contributed by atoms with E-state index in [1.165, 1.54) is 6.07 Å². The van der Waals surface area contributed by atoms with E-state index in [4.69, 9.17) is 9.72 Å². The molecular weight excluding hydrogens is 457 g/mol. The predicted molar refractivity (Wildman–Crippen MR) is 125 cm³/mol. The maximum Gasteiger partial charge on any atom is 0.257 e. The van der Waals surface area contributed by atoms with Crippen molar-refractivity contribution in [2.45, 2.75) is 25.9 Å². The van der Waals surface area contributed by atoms with E-state index >= 15 is 4.39 Å². The third-order valence-electron chi connectivity index (χ3n) is 7.73. The molecule has 8 rings (SSSR count). The molecule has 2 saturated heterocycles. The van der Waals surface area contributed by atoms with E-state index in [0.29, 0.717) is 67.6 Å². The summed E-state index contributed by atoms with van der Waals surface area (Å²) in [5.41, 5.74) is 3.26. The van der Waals surface area contributed by atoms with Crippen molar-refractivity contribution in [3.05, 3.63) is 53.6 Å². The normalized spacial score (nSPS) is 23.3. The Kier molecular flexibility index (Phi) is 4.37. The van der Waals surface area contributed by atoms with Crippen LogP contribution >= 0.6 is 0 Å². The second-order valence-corrected chi connectivity index (χ2v) is 9.64. The first-order valence-corrected chi connectivity index (χ1v) is 11.8. The van der Waals surface area contributed by atoms with E-state index in [9.17, 15) is 8.78 Å². The molecular formula is C25H23F3N6O. The number of ether oxygens (including phenoxy) is 1. The van der Waals surface area contributed by atoms with Gasteiger partial charge in [-0.1, -0.05) is 12.1 Å². The van der Waals surface area contributed by atoms with Gasteiger partial charge in [0.25, 0.3) is 11.7 Å². The van der Waals surface area contributed by atoms with E-state index in [1.54, 1.807) is 17.4 Å². The molecule has 7 nitrogen and oxygen atoms in total. The summed E-state index contributed by atoms with van der Waals surface area (Å²) >= 11 is 0. The summed E-state index contributed by atoms with van der Waals surface area (Å²) in [5, 5.41) is 8.71. The van der Waals surface area contributed by atoms with Crippen LogP contribution in [0.5, 0.6) is 0 Å². The number of nitrogens with zero attached hydrogens (tertiary/aromatic N) is 6. The molecule has 10 heteroatoms. The van der Waals surface area contributed by atoms with E-state index in [1.807, 2.05) is 29.2 Å². The number of rotatable bonds is 2. The molecule has 4 aromatic rings. The second kappa shape index (κ2) is 7.30. The predicted octanol–water partition coefficient (Wildman–Crippen LogP) is 4.48. The lowest BCUT2D eigenvalue weighted by molar-refractivity contribution is -0.194. The van der Waals surface area contributed by atoms with Gasteiger partial charge in [-0.15, -0.1) is 10.2 Å². The number of fused-ring (bicyclic) bond motifs is 6. The minimum Gasteiger partial charge on any atom is -0.375 e. The number of piperidine rings is 2. The van der Waals surface area contributed by atoms with E-state index in [2.05, 4.69) is 15.1 Å². The van der Waals surface area contributed by atoms with Crippen LogP contribution in [-0.4, -0.2) is 51.7 Å². The summed E-state index contributed by atoms with van der Waals surface area (Å²) < 4.78 is 51.4. The molecule has 180 valence electrons. The fourth-order valence-corrected chi connectivity index (χ4v) is 5.93. The Labute approximate surface area is 199 Å². The van der Waals surface area contributed by atoms with E-state index in [-0.39, 0.29) is 5.82 Å². The standard InChI is InChI=1S/C25H23F3N6O/c1-14-30-31-24-29-23(22-18(26)4-2-7-21(22)34(14)24)33-8-9-35-13-17-19(5-3-6-20(17)33)32-11-15-10-16(12-32)25(15,27)28/h2-7,15-16H,8-13H2,1H3. The van der Waals surface area contributed by atoms with Crippen LogP contribution in [0, 0.1) is 24.6 Å². The SMILES string of the molecule is Cc1nnc2nc(N3CCOCc4c(N5CC6CC(C5)C6(F)F)cccc43)c3c(F)cccc3n12. The van der Waals surface area contributed by atoms with Gasteiger partial charge < -0.3 is 14.5 Å². The zero-order valence-electron chi connectivity index (χ0n) is 19.1. The van der Waals surface area contributed by atoms with Crippen LogP contribution in [-0.2, 0) is 11.3 Å². The highest BCUT2D eigenvalue weighted by Gasteiger charge is 2.61. The Hall–Kier alpha value is -3.40. The average molecular weight is 480 g/mol. The zero-order valence-corrected chi connectivity index (χ0v) is 19.1. The largest absolute Gasteiger partial charge is 0.375 e. The number of hydrogen-bond acceptors (Lipinski definition) is 6. The number of benzene rings is 2. The van der Waals surface area contributed by atoms with Gasteiger partial charge in [-0.05, 0) is 37.6 Å². The molecule has 2 unspecified atom stereocenters. The molecule has 2 atom stereocenters. The molecule has 0 spiro atoms. The van der Waals surface area contributed by atoms with Gasteiger partial charge in [0.1, 0.15) is 17.5 Å². The van der Waals surface area contributed by atoms with Crippen LogP contribution in [0.4, 0.5) is 30.4 Å². The fraction of sp³-hybridized carbons (Fsp3) is 0.400. The van der Waals surface area contributed by atoms with Crippen LogP contribution < -0.4 is 9.80 Å². The molecule has 0 N–H and O–H groups in total. The minimum atomic E-state index is -2.57. The third-order valence-corrected chi connectivity index (χ3v) is 7.73. The molecule has 4 aliphatic rings. The molecule has 0 radical (unpaired) electrons. The maximum atomic E-state index is 15.3. The van der Waals surface area contributed by atoms with E-state index in [0.717, 1.165) is 16.9 Å². The Morgan fingerprint density at radius 2 is 1.80 bits per heavy atom. The summed E-state index contributed by atoms with van der Waals surface area (Å²) in [5.74, 6) is -2.74. The maximum absolute atomic E-state index is 15.3. The lowest BCUT2D eigenvalue weighted by atomic mass is 9.67. The van der Waals surface area contributed by atoms with Crippen LogP contribution in [0.3, 0.4) is 0 Å². The van der Waals surface area contributed by atoms with Crippen molar-refractivity contribution in [1.29, 1.82) is 0 Å². The molecule has 35 heavy (non-hydrogen) atoms. The Morgan fingerprint density at radius 3 is 2.60 bits per heavy atom. The monoisotopic (exact) mass is 480 g/mol. The summed E-state index contributed by atoms with van der Waals surface area (Å²) in [6.45, 7) is 3.66. The smallest absolute Gasteiger partial charge is 0.257 e. The molecule has 3 aliphatic heterocycles. The third kappa shape index (κ3) is 2.92. The van der Waals surface area contributed by atoms with Crippen molar-refractivity contribution < 1.29 is 17.9 Å². The second-order valence-electron chi connectivity index (χ2n) is 9.64. The van der Waals surface area contributed by atoms with Gasteiger partial charge in [-0.3, -0.25) is 4.40 Å². The number of halogens is 3. The Morgan fingerprint density at radius 1 is 1.03 bits per heavy atom. The highest BCUT2D eigenvalue weighted by atomic mass is 19.3. The molecule has 1 aliphatic carbocycles. The van der Waals surface area contributed by atoms with Gasteiger partial charge in [0.2, 0.25) is 0 Å². The van der Waals surface area contributed by atoms with Gasteiger partial charge >= 0.3 is 0 Å². The molecule has 3 fully saturated rings. The molecule has 5 heterocycles. The number of hydrogen-bond donors (Lipinski definition) is 0. The van der Waals surface area contributed by atoms with Gasteiger partial charge in [0.05, 0.1) is 29.8 Å². The lowest BCUT2D eigenvalue weighted by Crippen LogP contribution is -2.62. The summed E-state index contributed by atoms with van der Waals surface area (Å²) in [6, 6.07) is 10.8. The minimum absolute atomic E-state index is 0.320. The molecule has 2 bridgehead atoms. The van der Waals surface area contributed by atoms with Crippen molar-refractivity contribution in [2.24, 2.45) is 11.8 Å². The van der Waals surface area contributed by atoms with Crippen molar-refractivity contribution in [2.75, 3.05) is 36.0 Å². The van der Waals surface area contributed by atoms with Crippen LogP contribution in [0.25, 0.3) is 16.7 Å². The first-order valence-electron chi connectivity index (χ1n) is 11.8. The first kappa shape index (κ1) is 20.9. The van der Waals surface area contributed by atoms with Gasteiger partial charge in [-0.2, -0.15) is 4.98 Å². The van der Waals surface area contributed by atoms with Gasteiger partial charge in [-0.25, -0.2) is 13.2 Å². The summed E-state index contributed by atoms with van der Waals surface area (Å²) in [6.07, 6.45) is 0.577.